The van der Waals surface area contributed by atoms with Crippen LogP contribution in [-0.4, -0.2) is 18.0 Å². The molecule has 1 heterocycles. The van der Waals surface area contributed by atoms with Crippen molar-refractivity contribution >= 4 is 27.5 Å². The predicted molar refractivity (Wildman–Crippen MR) is 86.0 cm³/mol. The van der Waals surface area contributed by atoms with E-state index in [1.165, 1.54) is 0 Å². The number of aromatic nitrogens is 1. The highest BCUT2D eigenvalue weighted by Gasteiger charge is 2.10. The first-order valence-corrected chi connectivity index (χ1v) is 7.46. The van der Waals surface area contributed by atoms with E-state index >= 15 is 0 Å². The second-order valence-corrected chi connectivity index (χ2v) is 5.42. The SMILES string of the molecule is COCc1c(Br)cccc1NC(=O)CCc1ccccn1. The Kier molecular flexibility index (Phi) is 5.90. The van der Waals surface area contributed by atoms with E-state index in [1.54, 1.807) is 13.3 Å². The Morgan fingerprint density at radius 1 is 1.29 bits per heavy atom. The predicted octanol–water partition coefficient (Wildman–Crippen LogP) is 3.56. The number of carbonyl (C=O) groups is 1. The third-order valence-electron chi connectivity index (χ3n) is 3.02. The van der Waals surface area contributed by atoms with Crippen molar-refractivity contribution in [2.45, 2.75) is 19.4 Å². The topological polar surface area (TPSA) is 51.2 Å². The average Bonchev–Trinajstić information content (AvgIpc) is 2.50. The lowest BCUT2D eigenvalue weighted by Crippen LogP contribution is -2.14. The number of carbonyl (C=O) groups excluding carboxylic acids is 1. The lowest BCUT2D eigenvalue weighted by atomic mass is 10.1. The van der Waals surface area contributed by atoms with E-state index in [1.807, 2.05) is 36.4 Å². The summed E-state index contributed by atoms with van der Waals surface area (Å²) in [6, 6.07) is 11.4. The van der Waals surface area contributed by atoms with Crippen LogP contribution in [0.1, 0.15) is 17.7 Å². The molecule has 0 aliphatic rings. The Morgan fingerprint density at radius 2 is 2.14 bits per heavy atom. The number of nitrogens with zero attached hydrogens (tertiary/aromatic N) is 1. The highest BCUT2D eigenvalue weighted by Crippen LogP contribution is 2.25. The highest BCUT2D eigenvalue weighted by molar-refractivity contribution is 9.10. The maximum absolute atomic E-state index is 12.1. The van der Waals surface area contributed by atoms with Gasteiger partial charge in [-0.05, 0) is 30.7 Å². The van der Waals surface area contributed by atoms with Crippen LogP contribution < -0.4 is 5.32 Å². The molecule has 5 heteroatoms. The number of methoxy groups -OCH3 is 1. The molecule has 0 saturated heterocycles. The molecule has 2 rings (SSSR count). The zero-order valence-corrected chi connectivity index (χ0v) is 13.4. The fourth-order valence-electron chi connectivity index (χ4n) is 1.97. The van der Waals surface area contributed by atoms with Crippen LogP contribution in [0.4, 0.5) is 5.69 Å². The van der Waals surface area contributed by atoms with Crippen molar-refractivity contribution < 1.29 is 9.53 Å². The van der Waals surface area contributed by atoms with Crippen molar-refractivity contribution in [2.75, 3.05) is 12.4 Å². The van der Waals surface area contributed by atoms with Crippen molar-refractivity contribution in [3.05, 3.63) is 58.3 Å². The summed E-state index contributed by atoms with van der Waals surface area (Å²) >= 11 is 3.47. The van der Waals surface area contributed by atoms with Crippen LogP contribution in [0.5, 0.6) is 0 Å². The van der Waals surface area contributed by atoms with Crippen molar-refractivity contribution in [3.63, 3.8) is 0 Å². The van der Waals surface area contributed by atoms with Gasteiger partial charge < -0.3 is 10.1 Å². The summed E-state index contributed by atoms with van der Waals surface area (Å²) in [6.07, 6.45) is 2.76. The molecule has 0 aliphatic carbocycles. The van der Waals surface area contributed by atoms with E-state index in [-0.39, 0.29) is 5.91 Å². The molecule has 1 amide bonds. The van der Waals surface area contributed by atoms with Crippen molar-refractivity contribution in [2.24, 2.45) is 0 Å². The van der Waals surface area contributed by atoms with Gasteiger partial charge in [-0.3, -0.25) is 9.78 Å². The van der Waals surface area contributed by atoms with Crippen LogP contribution in [0.25, 0.3) is 0 Å². The molecular formula is C16H17BrN2O2. The van der Waals surface area contributed by atoms with Crippen molar-refractivity contribution in [3.8, 4) is 0 Å². The number of benzene rings is 1. The molecule has 21 heavy (non-hydrogen) atoms. The standard InChI is InChI=1S/C16H17BrN2O2/c1-21-11-13-14(17)6-4-7-15(13)19-16(20)9-8-12-5-2-3-10-18-12/h2-7,10H,8-9,11H2,1H3,(H,19,20). The van der Waals surface area contributed by atoms with E-state index in [0.717, 1.165) is 21.4 Å². The van der Waals surface area contributed by atoms with E-state index < -0.39 is 0 Å². The summed E-state index contributed by atoms with van der Waals surface area (Å²) in [5.41, 5.74) is 2.63. The lowest BCUT2D eigenvalue weighted by Gasteiger charge is -2.12. The Bertz CT molecular complexity index is 602. The average molecular weight is 349 g/mol. The monoisotopic (exact) mass is 348 g/mol. The Morgan fingerprint density at radius 3 is 2.86 bits per heavy atom. The normalized spacial score (nSPS) is 10.4. The first-order valence-electron chi connectivity index (χ1n) is 6.67. The summed E-state index contributed by atoms with van der Waals surface area (Å²) in [4.78, 5) is 16.3. The molecule has 0 fully saturated rings. The molecule has 110 valence electrons. The molecule has 1 aromatic heterocycles. The molecule has 0 saturated carbocycles. The highest BCUT2D eigenvalue weighted by atomic mass is 79.9. The van der Waals surface area contributed by atoms with Crippen molar-refractivity contribution in [1.29, 1.82) is 0 Å². The Balaban J connectivity index is 1.98. The maximum Gasteiger partial charge on any atom is 0.224 e. The summed E-state index contributed by atoms with van der Waals surface area (Å²) in [5.74, 6) is -0.0314. The van der Waals surface area contributed by atoms with Gasteiger partial charge >= 0.3 is 0 Å². The minimum atomic E-state index is -0.0314. The number of nitrogens with one attached hydrogen (secondary N) is 1. The molecular weight excluding hydrogens is 332 g/mol. The van der Waals surface area contributed by atoms with E-state index in [2.05, 4.69) is 26.2 Å². The van der Waals surface area contributed by atoms with E-state index in [0.29, 0.717) is 19.4 Å². The molecule has 1 aromatic carbocycles. The summed E-state index contributed by atoms with van der Waals surface area (Å²) < 4.78 is 6.09. The second kappa shape index (κ2) is 7.90. The van der Waals surface area contributed by atoms with Crippen LogP contribution in [0.3, 0.4) is 0 Å². The van der Waals surface area contributed by atoms with Gasteiger partial charge in [-0.25, -0.2) is 0 Å². The van der Waals surface area contributed by atoms with Gasteiger partial charge in [-0.2, -0.15) is 0 Å². The lowest BCUT2D eigenvalue weighted by molar-refractivity contribution is -0.116. The van der Waals surface area contributed by atoms with Gasteiger partial charge in [0.2, 0.25) is 5.91 Å². The maximum atomic E-state index is 12.1. The number of hydrogen-bond donors (Lipinski definition) is 1. The number of aryl methyl sites for hydroxylation is 1. The first-order chi connectivity index (χ1) is 10.2. The first kappa shape index (κ1) is 15.7. The van der Waals surface area contributed by atoms with E-state index in [9.17, 15) is 4.79 Å². The number of anilines is 1. The molecule has 0 unspecified atom stereocenters. The molecule has 0 aliphatic heterocycles. The largest absolute Gasteiger partial charge is 0.380 e. The van der Waals surface area contributed by atoms with Crippen LogP contribution >= 0.6 is 15.9 Å². The van der Waals surface area contributed by atoms with Gasteiger partial charge in [0.05, 0.1) is 6.61 Å². The smallest absolute Gasteiger partial charge is 0.224 e. The molecule has 2 aromatic rings. The number of rotatable bonds is 6. The fraction of sp³-hybridized carbons (Fsp3) is 0.250. The zero-order chi connectivity index (χ0) is 15.1. The fourth-order valence-corrected chi connectivity index (χ4v) is 2.45. The van der Waals surface area contributed by atoms with Gasteiger partial charge in [0, 0.05) is 41.1 Å². The number of amides is 1. The van der Waals surface area contributed by atoms with Gasteiger partial charge in [0.25, 0.3) is 0 Å². The molecule has 0 atom stereocenters. The summed E-state index contributed by atoms with van der Waals surface area (Å²) in [6.45, 7) is 0.442. The van der Waals surface area contributed by atoms with Crippen LogP contribution in [0.15, 0.2) is 47.1 Å². The minimum absolute atomic E-state index is 0.0314. The molecule has 0 bridgehead atoms. The molecule has 4 nitrogen and oxygen atoms in total. The second-order valence-electron chi connectivity index (χ2n) is 4.57. The van der Waals surface area contributed by atoms with Crippen LogP contribution in [0.2, 0.25) is 0 Å². The third-order valence-corrected chi connectivity index (χ3v) is 3.76. The molecule has 0 radical (unpaired) electrons. The number of hydrogen-bond acceptors (Lipinski definition) is 3. The van der Waals surface area contributed by atoms with Crippen molar-refractivity contribution in [1.82, 2.24) is 4.98 Å². The number of pyridine rings is 1. The van der Waals surface area contributed by atoms with E-state index in [4.69, 9.17) is 4.74 Å². The third kappa shape index (κ3) is 4.65. The summed E-state index contributed by atoms with van der Waals surface area (Å²) in [7, 11) is 1.63. The van der Waals surface area contributed by atoms with Gasteiger partial charge in [0.1, 0.15) is 0 Å². The Hall–Kier alpha value is -1.72. The van der Waals surface area contributed by atoms with Gasteiger partial charge in [0.15, 0.2) is 0 Å². The summed E-state index contributed by atoms with van der Waals surface area (Å²) in [5, 5.41) is 2.93. The number of halogens is 1. The number of ether oxygens (including phenoxy) is 1. The zero-order valence-electron chi connectivity index (χ0n) is 11.8. The van der Waals surface area contributed by atoms with Crippen LogP contribution in [-0.2, 0) is 22.6 Å². The van der Waals surface area contributed by atoms with Crippen LogP contribution in [0, 0.1) is 0 Å². The molecule has 0 spiro atoms. The Labute approximate surface area is 132 Å². The minimum Gasteiger partial charge on any atom is -0.380 e. The quantitative estimate of drug-likeness (QED) is 0.868. The molecule has 1 N–H and O–H groups in total. The van der Waals surface area contributed by atoms with Gasteiger partial charge in [-0.1, -0.05) is 28.1 Å². The van der Waals surface area contributed by atoms with Gasteiger partial charge in [-0.15, -0.1) is 0 Å².